The maximum absolute atomic E-state index is 14.1. The summed E-state index contributed by atoms with van der Waals surface area (Å²) in [5.41, 5.74) is 1.06. The van der Waals surface area contributed by atoms with Crippen LogP contribution in [0.5, 0.6) is 0 Å². The van der Waals surface area contributed by atoms with Crippen molar-refractivity contribution in [3.63, 3.8) is 0 Å². The second kappa shape index (κ2) is 12.1. The van der Waals surface area contributed by atoms with Crippen LogP contribution in [0.3, 0.4) is 0 Å². The van der Waals surface area contributed by atoms with E-state index in [4.69, 9.17) is 16.3 Å². The number of amides is 1. The van der Waals surface area contributed by atoms with Gasteiger partial charge in [-0.15, -0.1) is 0 Å². The molecular weight excluding hydrogens is 577 g/mol. The van der Waals surface area contributed by atoms with Crippen LogP contribution in [0.2, 0.25) is 5.02 Å². The molecule has 0 aliphatic rings. The summed E-state index contributed by atoms with van der Waals surface area (Å²) < 4.78 is 73.2. The Morgan fingerprint density at radius 1 is 1.02 bits per heavy atom. The first-order valence-corrected chi connectivity index (χ1v) is 14.9. The summed E-state index contributed by atoms with van der Waals surface area (Å²) in [6.07, 6.45) is -3.81. The van der Waals surface area contributed by atoms with Gasteiger partial charge in [0.25, 0.3) is 5.91 Å². The Balaban J connectivity index is 1.71. The first kappa shape index (κ1) is 30.4. The van der Waals surface area contributed by atoms with Crippen LogP contribution < -0.4 is 5.32 Å². The summed E-state index contributed by atoms with van der Waals surface area (Å²) in [5.74, 6) is -0.560. The minimum atomic E-state index is -4.70. The van der Waals surface area contributed by atoms with Gasteiger partial charge in [0.2, 0.25) is 0 Å². The first-order chi connectivity index (χ1) is 19.2. The van der Waals surface area contributed by atoms with E-state index >= 15 is 0 Å². The predicted molar refractivity (Wildman–Crippen MR) is 152 cm³/mol. The fourth-order valence-corrected chi connectivity index (χ4v) is 5.27. The molecule has 0 saturated heterocycles. The van der Waals surface area contributed by atoms with E-state index in [1.165, 1.54) is 41.0 Å². The molecule has 0 saturated carbocycles. The van der Waals surface area contributed by atoms with E-state index in [-0.39, 0.29) is 33.3 Å². The molecule has 41 heavy (non-hydrogen) atoms. The number of halogens is 4. The fraction of sp³-hybridized carbons (Fsp3) is 0.233. The Bertz CT molecular complexity index is 1650. The van der Waals surface area contributed by atoms with E-state index < -0.39 is 33.6 Å². The van der Waals surface area contributed by atoms with Crippen LogP contribution in [0.1, 0.15) is 39.8 Å². The number of sulfone groups is 1. The molecular formula is C30H28ClF3N2O4S. The zero-order valence-corrected chi connectivity index (χ0v) is 24.1. The highest BCUT2D eigenvalue weighted by atomic mass is 35.5. The number of hydrogen-bond acceptors (Lipinski definition) is 4. The van der Waals surface area contributed by atoms with Crippen LogP contribution in [-0.4, -0.2) is 31.3 Å². The number of carbonyl (C=O) groups is 1. The Kier molecular flexibility index (Phi) is 8.96. The van der Waals surface area contributed by atoms with Crippen molar-refractivity contribution >= 4 is 33.0 Å². The van der Waals surface area contributed by atoms with Crippen molar-refractivity contribution in [3.8, 4) is 5.69 Å². The molecule has 6 nitrogen and oxygen atoms in total. The van der Waals surface area contributed by atoms with Gasteiger partial charge in [0.15, 0.2) is 9.84 Å². The number of nitrogens with zero attached hydrogens (tertiary/aromatic N) is 1. The molecule has 0 aliphatic carbocycles. The van der Waals surface area contributed by atoms with Crippen molar-refractivity contribution in [2.45, 2.75) is 44.1 Å². The molecule has 3 aromatic carbocycles. The quantitative estimate of drug-likeness (QED) is 0.218. The van der Waals surface area contributed by atoms with Crippen LogP contribution in [-0.2, 0) is 33.8 Å². The maximum atomic E-state index is 14.1. The minimum absolute atomic E-state index is 0.0671. The van der Waals surface area contributed by atoms with Gasteiger partial charge < -0.3 is 14.6 Å². The largest absolute Gasteiger partial charge is 0.418 e. The Morgan fingerprint density at radius 3 is 2.29 bits per heavy atom. The molecule has 11 heteroatoms. The van der Waals surface area contributed by atoms with Crippen molar-refractivity contribution in [1.29, 1.82) is 0 Å². The Hall–Kier alpha value is -3.60. The lowest BCUT2D eigenvalue weighted by atomic mass is 10.1. The molecule has 1 aromatic heterocycles. The smallest absolute Gasteiger partial charge is 0.373 e. The first-order valence-electron chi connectivity index (χ1n) is 12.6. The molecule has 1 atom stereocenters. The number of ether oxygens (including phenoxy) is 1. The van der Waals surface area contributed by atoms with Gasteiger partial charge in [0.05, 0.1) is 34.4 Å². The Morgan fingerprint density at radius 2 is 1.68 bits per heavy atom. The third kappa shape index (κ3) is 7.38. The number of nitrogens with one attached hydrogen (secondary N) is 1. The van der Waals surface area contributed by atoms with Gasteiger partial charge in [0, 0.05) is 34.8 Å². The van der Waals surface area contributed by atoms with Crippen LogP contribution in [0, 0.1) is 6.92 Å². The van der Waals surface area contributed by atoms with E-state index in [9.17, 15) is 26.4 Å². The highest BCUT2D eigenvalue weighted by Gasteiger charge is 2.35. The molecule has 0 fully saturated rings. The minimum Gasteiger partial charge on any atom is -0.373 e. The molecule has 0 radical (unpaired) electrons. The van der Waals surface area contributed by atoms with Gasteiger partial charge in [-0.25, -0.2) is 8.42 Å². The summed E-state index contributed by atoms with van der Waals surface area (Å²) in [7, 11) is -3.42. The maximum Gasteiger partial charge on any atom is 0.418 e. The van der Waals surface area contributed by atoms with E-state index in [1.807, 2.05) is 37.3 Å². The monoisotopic (exact) mass is 604 g/mol. The summed E-state index contributed by atoms with van der Waals surface area (Å²) in [6, 6.07) is 20.2. The van der Waals surface area contributed by atoms with Crippen molar-refractivity contribution in [1.82, 2.24) is 4.57 Å². The SMILES string of the molecule is Cc1c(C(=O)Nc2ccc(S(C)(=O)=O)cc2)cc(CC(C)OCc2ccccc2)n1-c1ccc(Cl)cc1C(F)(F)F. The molecule has 1 amide bonds. The number of rotatable bonds is 9. The second-order valence-electron chi connectivity index (χ2n) is 9.69. The molecule has 1 N–H and O–H groups in total. The lowest BCUT2D eigenvalue weighted by Gasteiger charge is -2.20. The van der Waals surface area contributed by atoms with E-state index in [0.717, 1.165) is 17.9 Å². The summed E-state index contributed by atoms with van der Waals surface area (Å²) in [4.78, 5) is 13.4. The number of benzene rings is 3. The second-order valence-corrected chi connectivity index (χ2v) is 12.1. The van der Waals surface area contributed by atoms with Gasteiger partial charge in [-0.3, -0.25) is 4.79 Å². The summed E-state index contributed by atoms with van der Waals surface area (Å²) >= 11 is 5.93. The molecule has 0 bridgehead atoms. The van der Waals surface area contributed by atoms with Gasteiger partial charge >= 0.3 is 6.18 Å². The van der Waals surface area contributed by atoms with Crippen LogP contribution in [0.15, 0.2) is 83.8 Å². The molecule has 216 valence electrons. The summed E-state index contributed by atoms with van der Waals surface area (Å²) in [6.45, 7) is 3.69. The van der Waals surface area contributed by atoms with Crippen molar-refractivity contribution in [2.75, 3.05) is 11.6 Å². The number of carbonyl (C=O) groups excluding carboxylic acids is 1. The molecule has 4 rings (SSSR count). The van der Waals surface area contributed by atoms with Gasteiger partial charge in [-0.1, -0.05) is 41.9 Å². The number of alkyl halides is 3. The lowest BCUT2D eigenvalue weighted by Crippen LogP contribution is -2.17. The Labute approximate surface area is 241 Å². The normalized spacial score (nSPS) is 12.8. The molecule has 0 spiro atoms. The topological polar surface area (TPSA) is 77.4 Å². The van der Waals surface area contributed by atoms with E-state index in [0.29, 0.717) is 18.0 Å². The molecule has 0 aliphatic heterocycles. The average Bonchev–Trinajstić information content (AvgIpc) is 3.22. The lowest BCUT2D eigenvalue weighted by molar-refractivity contribution is -0.137. The van der Waals surface area contributed by atoms with E-state index in [1.54, 1.807) is 13.0 Å². The zero-order valence-electron chi connectivity index (χ0n) is 22.5. The number of aromatic nitrogens is 1. The van der Waals surface area contributed by atoms with Crippen molar-refractivity contribution in [3.05, 3.63) is 112 Å². The molecule has 1 unspecified atom stereocenters. The predicted octanol–water partition coefficient (Wildman–Crippen LogP) is 7.26. The third-order valence-electron chi connectivity index (χ3n) is 6.49. The van der Waals surface area contributed by atoms with Crippen molar-refractivity contribution in [2.24, 2.45) is 0 Å². The van der Waals surface area contributed by atoms with Gasteiger partial charge in [-0.2, -0.15) is 13.2 Å². The highest BCUT2D eigenvalue weighted by Crippen LogP contribution is 2.37. The average molecular weight is 605 g/mol. The summed E-state index contributed by atoms with van der Waals surface area (Å²) in [5, 5.41) is 2.63. The number of hydrogen-bond donors (Lipinski definition) is 1. The van der Waals surface area contributed by atoms with Crippen LogP contribution in [0.25, 0.3) is 5.69 Å². The van der Waals surface area contributed by atoms with E-state index in [2.05, 4.69) is 5.32 Å². The molecule has 4 aromatic rings. The van der Waals surface area contributed by atoms with Crippen molar-refractivity contribution < 1.29 is 31.1 Å². The van der Waals surface area contributed by atoms with Gasteiger partial charge in [0.1, 0.15) is 0 Å². The fourth-order valence-electron chi connectivity index (χ4n) is 4.47. The third-order valence-corrected chi connectivity index (χ3v) is 7.85. The standard InChI is InChI=1S/C30H28ClF3N2O4S/c1-19(40-18-21-7-5-4-6-8-21)15-24-17-26(29(37)35-23-10-12-25(13-11-23)41(3,38)39)20(2)36(24)28-14-9-22(31)16-27(28)30(32,33)34/h4-14,16-17,19H,15,18H2,1-3H3,(H,35,37). The number of anilines is 1. The highest BCUT2D eigenvalue weighted by molar-refractivity contribution is 7.90. The molecule has 1 heterocycles. The van der Waals surface area contributed by atoms with Crippen LogP contribution >= 0.6 is 11.6 Å². The van der Waals surface area contributed by atoms with Gasteiger partial charge in [-0.05, 0) is 67.9 Å². The van der Waals surface area contributed by atoms with Crippen LogP contribution in [0.4, 0.5) is 18.9 Å². The zero-order chi connectivity index (χ0) is 29.9.